The summed E-state index contributed by atoms with van der Waals surface area (Å²) in [5, 5.41) is 3.08. The number of hydrogen-bond acceptors (Lipinski definition) is 3. The lowest BCUT2D eigenvalue weighted by Gasteiger charge is -2.17. The highest BCUT2D eigenvalue weighted by Gasteiger charge is 2.08. The van der Waals surface area contributed by atoms with Gasteiger partial charge in [-0.1, -0.05) is 48.5 Å². The molecule has 0 saturated carbocycles. The Hall–Kier alpha value is -2.98. The molecule has 0 aliphatic rings. The summed E-state index contributed by atoms with van der Waals surface area (Å²) in [6.45, 7) is 0.307. The van der Waals surface area contributed by atoms with Crippen LogP contribution in [0.2, 0.25) is 0 Å². The molecule has 0 fully saturated rings. The van der Waals surface area contributed by atoms with E-state index in [2.05, 4.69) is 0 Å². The van der Waals surface area contributed by atoms with Crippen molar-refractivity contribution in [1.82, 2.24) is 0 Å². The second-order valence-corrected chi connectivity index (χ2v) is 5.10. The number of anilines is 1. The SMILES string of the molecule is O=Cc1ccc2cc(N(C=O)OCc3ccccc3)ccc2c1. The first-order chi connectivity index (χ1) is 11.3. The lowest BCUT2D eigenvalue weighted by atomic mass is 10.1. The third-order valence-corrected chi connectivity index (χ3v) is 3.55. The zero-order valence-electron chi connectivity index (χ0n) is 12.4. The van der Waals surface area contributed by atoms with E-state index in [-0.39, 0.29) is 0 Å². The number of fused-ring (bicyclic) bond motifs is 1. The van der Waals surface area contributed by atoms with Crippen molar-refractivity contribution in [2.45, 2.75) is 6.61 Å². The van der Waals surface area contributed by atoms with Gasteiger partial charge in [0, 0.05) is 5.56 Å². The van der Waals surface area contributed by atoms with E-state index in [0.29, 0.717) is 24.3 Å². The number of hydroxylamine groups is 1. The molecule has 0 atom stereocenters. The molecule has 3 rings (SSSR count). The Labute approximate surface area is 133 Å². The summed E-state index contributed by atoms with van der Waals surface area (Å²) in [6.07, 6.45) is 1.46. The molecule has 0 spiro atoms. The Kier molecular flexibility index (Phi) is 4.45. The largest absolute Gasteiger partial charge is 0.298 e. The minimum absolute atomic E-state index is 0.307. The predicted molar refractivity (Wildman–Crippen MR) is 89.1 cm³/mol. The van der Waals surface area contributed by atoms with Crippen LogP contribution in [0.15, 0.2) is 66.7 Å². The number of aldehydes is 1. The van der Waals surface area contributed by atoms with Gasteiger partial charge in [-0.3, -0.25) is 14.4 Å². The highest BCUT2D eigenvalue weighted by molar-refractivity contribution is 5.92. The highest BCUT2D eigenvalue weighted by atomic mass is 16.7. The van der Waals surface area contributed by atoms with Gasteiger partial charge >= 0.3 is 0 Å². The molecule has 0 unspecified atom stereocenters. The molecule has 0 aromatic heterocycles. The average Bonchev–Trinajstić information content (AvgIpc) is 2.62. The maximum atomic E-state index is 11.3. The van der Waals surface area contributed by atoms with Gasteiger partial charge in [0.15, 0.2) is 0 Å². The summed E-state index contributed by atoms with van der Waals surface area (Å²) in [5.41, 5.74) is 2.25. The van der Waals surface area contributed by atoms with E-state index in [1.807, 2.05) is 54.6 Å². The van der Waals surface area contributed by atoms with E-state index in [1.165, 1.54) is 5.06 Å². The zero-order chi connectivity index (χ0) is 16.1. The molecule has 0 aliphatic carbocycles. The molecule has 3 aromatic rings. The van der Waals surface area contributed by atoms with E-state index >= 15 is 0 Å². The van der Waals surface area contributed by atoms with Gasteiger partial charge in [-0.25, -0.2) is 0 Å². The number of amides is 1. The number of rotatable bonds is 6. The molecule has 4 heteroatoms. The summed E-state index contributed by atoms with van der Waals surface area (Å²) in [5.74, 6) is 0. The van der Waals surface area contributed by atoms with Crippen LogP contribution in [-0.2, 0) is 16.2 Å². The van der Waals surface area contributed by atoms with Gasteiger partial charge in [0.1, 0.15) is 12.9 Å². The molecule has 23 heavy (non-hydrogen) atoms. The van der Waals surface area contributed by atoms with Crippen LogP contribution >= 0.6 is 0 Å². The molecular weight excluding hydrogens is 290 g/mol. The van der Waals surface area contributed by atoms with Gasteiger partial charge in [0.25, 0.3) is 0 Å². The summed E-state index contributed by atoms with van der Waals surface area (Å²) < 4.78 is 0. The summed E-state index contributed by atoms with van der Waals surface area (Å²) in [4.78, 5) is 27.7. The summed E-state index contributed by atoms with van der Waals surface area (Å²) in [7, 11) is 0. The molecule has 0 aliphatic heterocycles. The van der Waals surface area contributed by atoms with Gasteiger partial charge in [0.2, 0.25) is 6.41 Å². The predicted octanol–water partition coefficient (Wildman–Crippen LogP) is 3.75. The van der Waals surface area contributed by atoms with Gasteiger partial charge in [-0.05, 0) is 34.5 Å². The van der Waals surface area contributed by atoms with Crippen molar-refractivity contribution in [1.29, 1.82) is 0 Å². The molecule has 0 saturated heterocycles. The molecule has 4 nitrogen and oxygen atoms in total. The Bertz CT molecular complexity index is 830. The topological polar surface area (TPSA) is 46.6 Å². The van der Waals surface area contributed by atoms with E-state index in [9.17, 15) is 9.59 Å². The second kappa shape index (κ2) is 6.85. The lowest BCUT2D eigenvalue weighted by Crippen LogP contribution is -2.21. The number of nitrogens with zero attached hydrogens (tertiary/aromatic N) is 1. The van der Waals surface area contributed by atoms with Crippen molar-refractivity contribution >= 4 is 29.2 Å². The van der Waals surface area contributed by atoms with Crippen LogP contribution in [0.5, 0.6) is 0 Å². The number of carbonyl (C=O) groups excluding carboxylic acids is 2. The number of hydrogen-bond donors (Lipinski definition) is 0. The van der Waals surface area contributed by atoms with Crippen LogP contribution in [0.1, 0.15) is 15.9 Å². The van der Waals surface area contributed by atoms with Crippen molar-refractivity contribution < 1.29 is 14.4 Å². The minimum Gasteiger partial charge on any atom is -0.298 e. The van der Waals surface area contributed by atoms with E-state index in [0.717, 1.165) is 22.6 Å². The Morgan fingerprint density at radius 1 is 0.870 bits per heavy atom. The molecule has 0 bridgehead atoms. The van der Waals surface area contributed by atoms with Crippen LogP contribution in [0.3, 0.4) is 0 Å². The molecule has 3 aromatic carbocycles. The molecular formula is C19H15NO3. The monoisotopic (exact) mass is 305 g/mol. The van der Waals surface area contributed by atoms with Crippen LogP contribution in [0, 0.1) is 0 Å². The normalized spacial score (nSPS) is 10.4. The summed E-state index contributed by atoms with van der Waals surface area (Å²) in [6, 6.07) is 20.5. The average molecular weight is 305 g/mol. The van der Waals surface area contributed by atoms with Crippen LogP contribution < -0.4 is 5.06 Å². The van der Waals surface area contributed by atoms with Gasteiger partial charge in [-0.2, -0.15) is 5.06 Å². The third-order valence-electron chi connectivity index (χ3n) is 3.55. The van der Waals surface area contributed by atoms with E-state index in [4.69, 9.17) is 4.84 Å². The van der Waals surface area contributed by atoms with Crippen molar-refractivity contribution in [2.75, 3.05) is 5.06 Å². The van der Waals surface area contributed by atoms with E-state index in [1.54, 1.807) is 12.1 Å². The maximum absolute atomic E-state index is 11.3. The van der Waals surface area contributed by atoms with Crippen molar-refractivity contribution in [3.8, 4) is 0 Å². The van der Waals surface area contributed by atoms with Crippen molar-refractivity contribution in [3.63, 3.8) is 0 Å². The standard InChI is InChI=1S/C19H15NO3/c21-12-16-6-7-18-11-19(9-8-17(18)10-16)20(14-22)23-13-15-4-2-1-3-5-15/h1-12,14H,13H2. The lowest BCUT2D eigenvalue weighted by molar-refractivity contribution is -0.114. The van der Waals surface area contributed by atoms with E-state index < -0.39 is 0 Å². The van der Waals surface area contributed by atoms with Crippen molar-refractivity contribution in [3.05, 3.63) is 77.9 Å². The zero-order valence-corrected chi connectivity index (χ0v) is 12.4. The Morgan fingerprint density at radius 3 is 2.35 bits per heavy atom. The fourth-order valence-corrected chi connectivity index (χ4v) is 2.35. The molecule has 0 radical (unpaired) electrons. The van der Waals surface area contributed by atoms with Crippen LogP contribution in [0.4, 0.5) is 5.69 Å². The van der Waals surface area contributed by atoms with Gasteiger partial charge in [-0.15, -0.1) is 0 Å². The number of carbonyl (C=O) groups is 2. The number of benzene rings is 3. The quantitative estimate of drug-likeness (QED) is 0.515. The highest BCUT2D eigenvalue weighted by Crippen LogP contribution is 2.23. The molecule has 0 N–H and O–H groups in total. The Morgan fingerprint density at radius 2 is 1.61 bits per heavy atom. The first-order valence-corrected chi connectivity index (χ1v) is 7.20. The fraction of sp³-hybridized carbons (Fsp3) is 0.0526. The Balaban J connectivity index is 1.81. The maximum Gasteiger partial charge on any atom is 0.238 e. The smallest absolute Gasteiger partial charge is 0.238 e. The van der Waals surface area contributed by atoms with Gasteiger partial charge < -0.3 is 0 Å². The van der Waals surface area contributed by atoms with Crippen LogP contribution in [-0.4, -0.2) is 12.7 Å². The van der Waals surface area contributed by atoms with Crippen LogP contribution in [0.25, 0.3) is 10.8 Å². The van der Waals surface area contributed by atoms with Gasteiger partial charge in [0.05, 0.1) is 5.69 Å². The first-order valence-electron chi connectivity index (χ1n) is 7.20. The first kappa shape index (κ1) is 14.9. The molecule has 0 heterocycles. The van der Waals surface area contributed by atoms with Crippen molar-refractivity contribution in [2.24, 2.45) is 0 Å². The fourth-order valence-electron chi connectivity index (χ4n) is 2.35. The molecule has 114 valence electrons. The second-order valence-electron chi connectivity index (χ2n) is 5.10. The third kappa shape index (κ3) is 3.44. The molecule has 1 amide bonds. The summed E-state index contributed by atoms with van der Waals surface area (Å²) >= 11 is 0. The minimum atomic E-state index is 0.307.